The Labute approximate surface area is 110 Å². The van der Waals surface area contributed by atoms with Crippen molar-refractivity contribution in [3.63, 3.8) is 0 Å². The molecular weight excluding hydrogens is 216 g/mol. The molecule has 2 aromatic carbocycles. The molecule has 0 nitrogen and oxygen atoms in total. The van der Waals surface area contributed by atoms with Crippen LogP contribution in [0.25, 0.3) is 12.2 Å². The van der Waals surface area contributed by atoms with Gasteiger partial charge in [0.2, 0.25) is 0 Å². The Bertz CT molecular complexity index is 499. The van der Waals surface area contributed by atoms with E-state index in [4.69, 9.17) is 0 Å². The van der Waals surface area contributed by atoms with Crippen LogP contribution in [0.2, 0.25) is 0 Å². The van der Waals surface area contributed by atoms with Crippen molar-refractivity contribution in [3.05, 3.63) is 70.8 Å². The Balaban J connectivity index is 2.36. The van der Waals surface area contributed by atoms with Crippen LogP contribution < -0.4 is 0 Å². The maximum Gasteiger partial charge on any atom is -0.0192 e. The van der Waals surface area contributed by atoms with Crippen LogP contribution >= 0.6 is 0 Å². The fourth-order valence-electron chi connectivity index (χ4n) is 2.24. The van der Waals surface area contributed by atoms with Crippen molar-refractivity contribution < 1.29 is 0 Å². The summed E-state index contributed by atoms with van der Waals surface area (Å²) < 4.78 is 0. The van der Waals surface area contributed by atoms with E-state index in [1.54, 1.807) is 0 Å². The SMILES string of the molecule is CCc1cccc(CC)c1/C=C/c1ccccc1. The molecule has 0 heterocycles. The molecule has 0 aromatic heterocycles. The zero-order valence-corrected chi connectivity index (χ0v) is 11.2. The summed E-state index contributed by atoms with van der Waals surface area (Å²) in [6.45, 7) is 4.43. The van der Waals surface area contributed by atoms with Gasteiger partial charge < -0.3 is 0 Å². The molecule has 0 radical (unpaired) electrons. The van der Waals surface area contributed by atoms with Crippen molar-refractivity contribution in [2.24, 2.45) is 0 Å². The van der Waals surface area contributed by atoms with Crippen LogP contribution in [0.1, 0.15) is 36.1 Å². The number of hydrogen-bond acceptors (Lipinski definition) is 0. The van der Waals surface area contributed by atoms with E-state index < -0.39 is 0 Å². The lowest BCUT2D eigenvalue weighted by molar-refractivity contribution is 1.08. The molecule has 0 aliphatic carbocycles. The lowest BCUT2D eigenvalue weighted by atomic mass is 9.96. The number of benzene rings is 2. The average molecular weight is 236 g/mol. The van der Waals surface area contributed by atoms with Crippen LogP contribution in [0, 0.1) is 0 Å². The van der Waals surface area contributed by atoms with Crippen molar-refractivity contribution in [2.45, 2.75) is 26.7 Å². The molecule has 0 amide bonds. The van der Waals surface area contributed by atoms with Gasteiger partial charge in [-0.05, 0) is 35.1 Å². The fraction of sp³-hybridized carbons (Fsp3) is 0.222. The summed E-state index contributed by atoms with van der Waals surface area (Å²) in [5.74, 6) is 0. The van der Waals surface area contributed by atoms with E-state index in [2.05, 4.69) is 74.5 Å². The lowest BCUT2D eigenvalue weighted by Crippen LogP contribution is -1.92. The minimum Gasteiger partial charge on any atom is -0.0622 e. The minimum absolute atomic E-state index is 1.09. The van der Waals surface area contributed by atoms with Gasteiger partial charge in [-0.25, -0.2) is 0 Å². The van der Waals surface area contributed by atoms with E-state index in [9.17, 15) is 0 Å². The molecule has 0 unspecified atom stereocenters. The van der Waals surface area contributed by atoms with Crippen LogP contribution in [0.4, 0.5) is 0 Å². The van der Waals surface area contributed by atoms with Gasteiger partial charge in [0.15, 0.2) is 0 Å². The largest absolute Gasteiger partial charge is 0.0622 e. The molecule has 0 heteroatoms. The molecule has 0 N–H and O–H groups in total. The lowest BCUT2D eigenvalue weighted by Gasteiger charge is -2.09. The van der Waals surface area contributed by atoms with Gasteiger partial charge in [-0.3, -0.25) is 0 Å². The van der Waals surface area contributed by atoms with Crippen molar-refractivity contribution in [1.82, 2.24) is 0 Å². The minimum atomic E-state index is 1.09. The summed E-state index contributed by atoms with van der Waals surface area (Å²) in [6, 6.07) is 17.1. The summed E-state index contributed by atoms with van der Waals surface area (Å²) in [4.78, 5) is 0. The highest BCUT2D eigenvalue weighted by Gasteiger charge is 2.02. The zero-order valence-electron chi connectivity index (χ0n) is 11.2. The summed E-state index contributed by atoms with van der Waals surface area (Å²) in [6.07, 6.45) is 6.63. The van der Waals surface area contributed by atoms with E-state index in [-0.39, 0.29) is 0 Å². The first-order valence-corrected chi connectivity index (χ1v) is 6.69. The normalized spacial score (nSPS) is 11.0. The number of hydrogen-bond donors (Lipinski definition) is 0. The van der Waals surface area contributed by atoms with Crippen LogP contribution in [-0.2, 0) is 12.8 Å². The quantitative estimate of drug-likeness (QED) is 0.657. The highest BCUT2D eigenvalue weighted by atomic mass is 14.1. The third kappa shape index (κ3) is 2.89. The molecular formula is C18H20. The fourth-order valence-corrected chi connectivity index (χ4v) is 2.24. The first kappa shape index (κ1) is 12.6. The standard InChI is InChI=1S/C18H20/c1-3-16-11-8-12-17(4-2)18(16)14-13-15-9-6-5-7-10-15/h5-14H,3-4H2,1-2H3/b14-13+. The van der Waals surface area contributed by atoms with Gasteiger partial charge in [-0.2, -0.15) is 0 Å². The Morgan fingerprint density at radius 2 is 1.33 bits per heavy atom. The average Bonchev–Trinajstić information content (AvgIpc) is 2.45. The van der Waals surface area contributed by atoms with Crippen LogP contribution in [-0.4, -0.2) is 0 Å². The first-order valence-electron chi connectivity index (χ1n) is 6.69. The second-order valence-corrected chi connectivity index (χ2v) is 4.44. The van der Waals surface area contributed by atoms with E-state index >= 15 is 0 Å². The maximum absolute atomic E-state index is 2.26. The second kappa shape index (κ2) is 6.20. The Hall–Kier alpha value is -1.82. The summed E-state index contributed by atoms with van der Waals surface area (Å²) in [5.41, 5.74) is 5.51. The van der Waals surface area contributed by atoms with Crippen molar-refractivity contribution in [3.8, 4) is 0 Å². The third-order valence-corrected chi connectivity index (χ3v) is 3.29. The second-order valence-electron chi connectivity index (χ2n) is 4.44. The smallest absolute Gasteiger partial charge is 0.0192 e. The topological polar surface area (TPSA) is 0 Å². The van der Waals surface area contributed by atoms with E-state index in [0.717, 1.165) is 12.8 Å². The predicted octanol–water partition coefficient (Wildman–Crippen LogP) is 4.98. The predicted molar refractivity (Wildman–Crippen MR) is 80.6 cm³/mol. The molecule has 2 aromatic rings. The first-order chi connectivity index (χ1) is 8.85. The summed E-state index contributed by atoms with van der Waals surface area (Å²) in [7, 11) is 0. The van der Waals surface area contributed by atoms with Crippen molar-refractivity contribution >= 4 is 12.2 Å². The molecule has 0 fully saturated rings. The van der Waals surface area contributed by atoms with E-state index in [1.807, 2.05) is 0 Å². The van der Waals surface area contributed by atoms with Gasteiger partial charge in [0.05, 0.1) is 0 Å². The van der Waals surface area contributed by atoms with Crippen molar-refractivity contribution in [1.29, 1.82) is 0 Å². The summed E-state index contributed by atoms with van der Waals surface area (Å²) in [5, 5.41) is 0. The van der Waals surface area contributed by atoms with Gasteiger partial charge >= 0.3 is 0 Å². The highest BCUT2D eigenvalue weighted by molar-refractivity contribution is 5.72. The van der Waals surface area contributed by atoms with Gasteiger partial charge in [0.25, 0.3) is 0 Å². The molecule has 0 saturated carbocycles. The number of rotatable bonds is 4. The summed E-state index contributed by atoms with van der Waals surface area (Å²) >= 11 is 0. The molecule has 0 aliphatic heterocycles. The van der Waals surface area contributed by atoms with Gasteiger partial charge in [0, 0.05) is 0 Å². The number of aryl methyl sites for hydroxylation is 2. The molecule has 92 valence electrons. The van der Waals surface area contributed by atoms with Crippen LogP contribution in [0.3, 0.4) is 0 Å². The Morgan fingerprint density at radius 3 is 1.89 bits per heavy atom. The molecule has 0 bridgehead atoms. The van der Waals surface area contributed by atoms with E-state index in [1.165, 1.54) is 22.3 Å². The van der Waals surface area contributed by atoms with Crippen molar-refractivity contribution in [2.75, 3.05) is 0 Å². The molecule has 0 spiro atoms. The molecule has 18 heavy (non-hydrogen) atoms. The van der Waals surface area contributed by atoms with Gasteiger partial charge in [-0.1, -0.05) is 74.5 Å². The molecule has 0 atom stereocenters. The monoisotopic (exact) mass is 236 g/mol. The zero-order chi connectivity index (χ0) is 12.8. The Morgan fingerprint density at radius 1 is 0.722 bits per heavy atom. The molecule has 0 aliphatic rings. The molecule has 2 rings (SSSR count). The third-order valence-electron chi connectivity index (χ3n) is 3.29. The Kier molecular flexibility index (Phi) is 4.35. The highest BCUT2D eigenvalue weighted by Crippen LogP contribution is 2.19. The van der Waals surface area contributed by atoms with Crippen LogP contribution in [0.15, 0.2) is 48.5 Å². The van der Waals surface area contributed by atoms with Gasteiger partial charge in [-0.15, -0.1) is 0 Å². The maximum atomic E-state index is 2.26. The molecule has 0 saturated heterocycles. The van der Waals surface area contributed by atoms with Crippen LogP contribution in [0.5, 0.6) is 0 Å². The van der Waals surface area contributed by atoms with E-state index in [0.29, 0.717) is 0 Å². The van der Waals surface area contributed by atoms with Gasteiger partial charge in [0.1, 0.15) is 0 Å².